The number of alkyl halides is 3. The highest BCUT2D eigenvalue weighted by molar-refractivity contribution is 5.66. The highest BCUT2D eigenvalue weighted by atomic mass is 19.4. The summed E-state index contributed by atoms with van der Waals surface area (Å²) in [6.07, 6.45) is -0.407. The van der Waals surface area contributed by atoms with Crippen LogP contribution < -0.4 is 4.74 Å². The summed E-state index contributed by atoms with van der Waals surface area (Å²) in [6.45, 7) is 0.286. The number of ether oxygens (including phenoxy) is 1. The lowest BCUT2D eigenvalue weighted by Crippen LogP contribution is -2.19. The van der Waals surface area contributed by atoms with Gasteiger partial charge in [0.15, 0.2) is 29.8 Å². The van der Waals surface area contributed by atoms with E-state index in [1.807, 2.05) is 0 Å². The van der Waals surface area contributed by atoms with Crippen LogP contribution in [0.25, 0.3) is 11.1 Å². The van der Waals surface area contributed by atoms with Crippen LogP contribution in [0.15, 0.2) is 24.3 Å². The van der Waals surface area contributed by atoms with Gasteiger partial charge in [-0.15, -0.1) is 0 Å². The van der Waals surface area contributed by atoms with Crippen LogP contribution in [0.2, 0.25) is 0 Å². The predicted octanol–water partition coefficient (Wildman–Crippen LogP) is 7.53. The van der Waals surface area contributed by atoms with Gasteiger partial charge in [0.25, 0.3) is 0 Å². The van der Waals surface area contributed by atoms with E-state index in [2.05, 4.69) is 11.7 Å². The smallest absolute Gasteiger partial charge is 0.422 e. The molecule has 164 valence electrons. The van der Waals surface area contributed by atoms with Gasteiger partial charge in [-0.05, 0) is 55.2 Å². The van der Waals surface area contributed by atoms with Crippen molar-refractivity contribution in [2.75, 3.05) is 6.61 Å². The Balaban J connectivity index is 1.88. The first-order valence-electron chi connectivity index (χ1n) is 9.78. The van der Waals surface area contributed by atoms with Gasteiger partial charge >= 0.3 is 6.18 Å². The maximum Gasteiger partial charge on any atom is 0.422 e. The molecule has 30 heavy (non-hydrogen) atoms. The fraction of sp³-hybridized carbons (Fsp3) is 0.455. The Morgan fingerprint density at radius 2 is 1.37 bits per heavy atom. The van der Waals surface area contributed by atoms with Crippen molar-refractivity contribution in [2.24, 2.45) is 5.92 Å². The van der Waals surface area contributed by atoms with E-state index in [1.54, 1.807) is 0 Å². The predicted molar refractivity (Wildman–Crippen MR) is 98.3 cm³/mol. The molecular formula is C22H21F7O. The first-order valence-corrected chi connectivity index (χ1v) is 9.78. The minimum Gasteiger partial charge on any atom is -0.481 e. The van der Waals surface area contributed by atoms with Crippen LogP contribution in [0, 0.1) is 29.2 Å². The number of hydrogen-bond acceptors (Lipinski definition) is 1. The van der Waals surface area contributed by atoms with Crippen LogP contribution in [0.4, 0.5) is 30.7 Å². The molecule has 1 aliphatic rings. The zero-order valence-corrected chi connectivity index (χ0v) is 16.3. The van der Waals surface area contributed by atoms with Crippen molar-refractivity contribution in [3.63, 3.8) is 0 Å². The summed E-state index contributed by atoms with van der Waals surface area (Å²) in [4.78, 5) is 0. The number of hydrogen-bond donors (Lipinski definition) is 0. The molecular weight excluding hydrogens is 413 g/mol. The van der Waals surface area contributed by atoms with Gasteiger partial charge in [-0.3, -0.25) is 0 Å². The lowest BCUT2D eigenvalue weighted by molar-refractivity contribution is -0.153. The zero-order valence-electron chi connectivity index (χ0n) is 16.3. The molecule has 2 aromatic rings. The van der Waals surface area contributed by atoms with Crippen LogP contribution in [0.3, 0.4) is 0 Å². The van der Waals surface area contributed by atoms with Crippen molar-refractivity contribution >= 4 is 0 Å². The quantitative estimate of drug-likeness (QED) is 0.442. The van der Waals surface area contributed by atoms with E-state index in [0.717, 1.165) is 44.2 Å². The first kappa shape index (κ1) is 22.4. The molecule has 0 amide bonds. The maximum atomic E-state index is 14.7. The Hall–Kier alpha value is -2.25. The second kappa shape index (κ2) is 8.86. The van der Waals surface area contributed by atoms with Gasteiger partial charge in [-0.25, -0.2) is 13.2 Å². The molecule has 0 unspecified atom stereocenters. The van der Waals surface area contributed by atoms with Crippen LogP contribution in [0.5, 0.6) is 5.75 Å². The second-order valence-electron chi connectivity index (χ2n) is 7.60. The first-order chi connectivity index (χ1) is 14.1. The van der Waals surface area contributed by atoms with E-state index in [1.165, 1.54) is 12.1 Å². The standard InChI is InChI=1S/C22H21F7O/c1-2-12-3-5-13(6-4-12)14-7-8-15(19(24)18(14)23)16-9-10-17(21(26)20(16)25)30-11-22(27,28)29/h7-10,12-13H,2-6,11H2,1H3. The summed E-state index contributed by atoms with van der Waals surface area (Å²) in [5.74, 6) is -6.25. The van der Waals surface area contributed by atoms with E-state index in [9.17, 15) is 30.7 Å². The molecule has 0 saturated heterocycles. The molecule has 1 fully saturated rings. The van der Waals surface area contributed by atoms with Gasteiger partial charge < -0.3 is 4.74 Å². The second-order valence-corrected chi connectivity index (χ2v) is 7.60. The molecule has 0 aromatic heterocycles. The Morgan fingerprint density at radius 3 is 1.93 bits per heavy atom. The highest BCUT2D eigenvalue weighted by Crippen LogP contribution is 2.40. The Kier molecular flexibility index (Phi) is 6.62. The highest BCUT2D eigenvalue weighted by Gasteiger charge is 2.30. The summed E-state index contributed by atoms with van der Waals surface area (Å²) in [5, 5.41) is 0. The van der Waals surface area contributed by atoms with Crippen LogP contribution in [-0.4, -0.2) is 12.8 Å². The van der Waals surface area contributed by atoms with E-state index in [4.69, 9.17) is 0 Å². The normalized spacial score (nSPS) is 19.7. The van der Waals surface area contributed by atoms with Crippen LogP contribution in [0.1, 0.15) is 50.5 Å². The van der Waals surface area contributed by atoms with Crippen molar-refractivity contribution in [3.05, 3.63) is 53.1 Å². The maximum absolute atomic E-state index is 14.7. The largest absolute Gasteiger partial charge is 0.481 e. The van der Waals surface area contributed by atoms with Gasteiger partial charge in [-0.1, -0.05) is 25.5 Å². The van der Waals surface area contributed by atoms with Crippen molar-refractivity contribution in [1.82, 2.24) is 0 Å². The van der Waals surface area contributed by atoms with E-state index in [-0.39, 0.29) is 11.5 Å². The number of benzene rings is 2. The third-order valence-corrected chi connectivity index (χ3v) is 5.70. The van der Waals surface area contributed by atoms with Crippen molar-refractivity contribution in [2.45, 2.75) is 51.1 Å². The third-order valence-electron chi connectivity index (χ3n) is 5.70. The summed E-state index contributed by atoms with van der Waals surface area (Å²) in [5.41, 5.74) is -0.890. The SMILES string of the molecule is CCC1CCC(c2ccc(-c3ccc(OCC(F)(F)F)c(F)c3F)c(F)c2F)CC1. The Bertz CT molecular complexity index is 899. The van der Waals surface area contributed by atoms with Gasteiger partial charge in [0.05, 0.1) is 0 Å². The lowest BCUT2D eigenvalue weighted by atomic mass is 9.77. The fourth-order valence-electron chi connectivity index (χ4n) is 3.98. The Labute approximate surface area is 169 Å². The summed E-state index contributed by atoms with van der Waals surface area (Å²) < 4.78 is 98.8. The minimum absolute atomic E-state index is 0.143. The molecule has 0 bridgehead atoms. The van der Waals surface area contributed by atoms with Gasteiger partial charge in [0.1, 0.15) is 0 Å². The molecule has 1 nitrogen and oxygen atoms in total. The summed E-state index contributed by atoms with van der Waals surface area (Å²) in [7, 11) is 0. The molecule has 2 aromatic carbocycles. The lowest BCUT2D eigenvalue weighted by Gasteiger charge is -2.28. The molecule has 0 aliphatic heterocycles. The monoisotopic (exact) mass is 434 g/mol. The van der Waals surface area contributed by atoms with Gasteiger partial charge in [0.2, 0.25) is 5.82 Å². The third kappa shape index (κ3) is 4.73. The van der Waals surface area contributed by atoms with E-state index >= 15 is 0 Å². The summed E-state index contributed by atoms with van der Waals surface area (Å²) in [6, 6.07) is 4.18. The van der Waals surface area contributed by atoms with E-state index in [0.29, 0.717) is 5.92 Å². The Morgan fingerprint density at radius 1 is 0.800 bits per heavy atom. The molecule has 0 radical (unpaired) electrons. The molecule has 1 aliphatic carbocycles. The summed E-state index contributed by atoms with van der Waals surface area (Å²) >= 11 is 0. The molecule has 0 heterocycles. The van der Waals surface area contributed by atoms with Crippen LogP contribution >= 0.6 is 0 Å². The molecule has 0 atom stereocenters. The average molecular weight is 434 g/mol. The number of rotatable bonds is 5. The van der Waals surface area contributed by atoms with Crippen molar-refractivity contribution in [1.29, 1.82) is 0 Å². The molecule has 8 heteroatoms. The van der Waals surface area contributed by atoms with Gasteiger partial charge in [0, 0.05) is 11.1 Å². The molecule has 0 N–H and O–H groups in total. The van der Waals surface area contributed by atoms with Crippen LogP contribution in [-0.2, 0) is 0 Å². The molecule has 1 saturated carbocycles. The van der Waals surface area contributed by atoms with E-state index < -0.39 is 52.9 Å². The van der Waals surface area contributed by atoms with Gasteiger partial charge in [-0.2, -0.15) is 17.6 Å². The topological polar surface area (TPSA) is 9.23 Å². The van der Waals surface area contributed by atoms with Crippen molar-refractivity contribution < 1.29 is 35.5 Å². The molecule has 3 rings (SSSR count). The average Bonchev–Trinajstić information content (AvgIpc) is 2.71. The fourth-order valence-corrected chi connectivity index (χ4v) is 3.98. The zero-order chi connectivity index (χ0) is 22.1. The minimum atomic E-state index is -4.73. The number of halogens is 7. The van der Waals surface area contributed by atoms with Crippen molar-refractivity contribution in [3.8, 4) is 16.9 Å². The molecule has 0 spiro atoms.